The van der Waals surface area contributed by atoms with Crippen LogP contribution < -0.4 is 11.1 Å². The van der Waals surface area contributed by atoms with Crippen molar-refractivity contribution in [3.05, 3.63) is 0 Å². The summed E-state index contributed by atoms with van der Waals surface area (Å²) in [7, 11) is -2.96. The van der Waals surface area contributed by atoms with E-state index in [0.29, 0.717) is 6.04 Å². The molecule has 18 heavy (non-hydrogen) atoms. The minimum atomic E-state index is -2.96. The third-order valence-corrected chi connectivity index (χ3v) is 6.91. The fraction of sp³-hybridized carbons (Fsp3) is 1.00. The van der Waals surface area contributed by atoms with Gasteiger partial charge in [-0.2, -0.15) is 0 Å². The molecule has 0 aromatic rings. The lowest BCUT2D eigenvalue weighted by molar-refractivity contribution is 0.108. The minimum absolute atomic E-state index is 0.168. The predicted octanol–water partition coefficient (Wildman–Crippen LogP) is -0.425. The van der Waals surface area contributed by atoms with E-state index in [1.54, 1.807) is 0 Å². The molecule has 2 saturated heterocycles. The Balaban J connectivity index is 1.98. The van der Waals surface area contributed by atoms with E-state index in [1.165, 1.54) is 6.26 Å². The van der Waals surface area contributed by atoms with E-state index < -0.39 is 14.6 Å². The summed E-state index contributed by atoms with van der Waals surface area (Å²) in [6.45, 7) is 5.45. The standard InChI is InChI=1S/C12H25N3O2S/c1-12(18(2,16)17)4-7-15(8-5-12)11-3-6-14-9-10(11)13/h10-11,14H,3-9,13H2,1-2H3. The summed E-state index contributed by atoms with van der Waals surface area (Å²) in [6, 6.07) is 0.580. The van der Waals surface area contributed by atoms with Crippen LogP contribution in [0.25, 0.3) is 0 Å². The molecule has 0 saturated carbocycles. The lowest BCUT2D eigenvalue weighted by atomic mass is 9.93. The first kappa shape index (κ1) is 14.2. The van der Waals surface area contributed by atoms with Gasteiger partial charge in [-0.3, -0.25) is 4.90 Å². The fourth-order valence-corrected chi connectivity index (χ4v) is 3.95. The third-order valence-electron chi connectivity index (χ3n) is 4.71. The molecular formula is C12H25N3O2S. The van der Waals surface area contributed by atoms with Crippen molar-refractivity contribution in [2.24, 2.45) is 5.73 Å². The first-order valence-electron chi connectivity index (χ1n) is 6.73. The smallest absolute Gasteiger partial charge is 0.152 e. The van der Waals surface area contributed by atoms with Crippen LogP contribution in [0.15, 0.2) is 0 Å². The van der Waals surface area contributed by atoms with E-state index in [2.05, 4.69) is 10.2 Å². The summed E-state index contributed by atoms with van der Waals surface area (Å²) < 4.78 is 23.1. The topological polar surface area (TPSA) is 75.4 Å². The van der Waals surface area contributed by atoms with Crippen LogP contribution in [0.4, 0.5) is 0 Å². The van der Waals surface area contributed by atoms with Gasteiger partial charge in [-0.1, -0.05) is 0 Å². The van der Waals surface area contributed by atoms with Gasteiger partial charge in [0.2, 0.25) is 0 Å². The predicted molar refractivity (Wildman–Crippen MR) is 73.3 cm³/mol. The largest absolute Gasteiger partial charge is 0.325 e. The third kappa shape index (κ3) is 2.71. The van der Waals surface area contributed by atoms with Crippen LogP contribution in [0.5, 0.6) is 0 Å². The fourth-order valence-electron chi connectivity index (χ4n) is 3.02. The van der Waals surface area contributed by atoms with Gasteiger partial charge in [0.15, 0.2) is 9.84 Å². The quantitative estimate of drug-likeness (QED) is 0.715. The number of sulfone groups is 1. The number of nitrogens with one attached hydrogen (secondary N) is 1. The second kappa shape index (κ2) is 5.07. The number of hydrogen-bond acceptors (Lipinski definition) is 5. The van der Waals surface area contributed by atoms with Crippen molar-refractivity contribution in [3.63, 3.8) is 0 Å². The van der Waals surface area contributed by atoms with Crippen LogP contribution in [0, 0.1) is 0 Å². The second-order valence-corrected chi connectivity index (χ2v) is 8.51. The second-order valence-electron chi connectivity index (χ2n) is 5.98. The number of nitrogens with two attached hydrogens (primary N) is 1. The van der Waals surface area contributed by atoms with Crippen LogP contribution in [-0.2, 0) is 9.84 Å². The Labute approximate surface area is 110 Å². The highest BCUT2D eigenvalue weighted by atomic mass is 32.2. The normalized spacial score (nSPS) is 34.4. The van der Waals surface area contributed by atoms with E-state index >= 15 is 0 Å². The van der Waals surface area contributed by atoms with Gasteiger partial charge in [-0.25, -0.2) is 8.42 Å². The molecule has 0 aromatic heterocycles. The van der Waals surface area contributed by atoms with E-state index in [9.17, 15) is 8.42 Å². The van der Waals surface area contributed by atoms with E-state index in [0.717, 1.165) is 45.4 Å². The zero-order chi connectivity index (χ0) is 13.4. The molecule has 2 heterocycles. The maximum absolute atomic E-state index is 11.8. The lowest BCUT2D eigenvalue weighted by Crippen LogP contribution is -2.60. The van der Waals surface area contributed by atoms with E-state index in [1.807, 2.05) is 6.92 Å². The summed E-state index contributed by atoms with van der Waals surface area (Å²) in [5.74, 6) is 0. The van der Waals surface area contributed by atoms with Crippen LogP contribution in [0.2, 0.25) is 0 Å². The zero-order valence-electron chi connectivity index (χ0n) is 11.4. The van der Waals surface area contributed by atoms with Crippen molar-refractivity contribution in [3.8, 4) is 0 Å². The van der Waals surface area contributed by atoms with Gasteiger partial charge in [-0.15, -0.1) is 0 Å². The molecule has 3 N–H and O–H groups in total. The molecule has 0 aliphatic carbocycles. The van der Waals surface area contributed by atoms with Crippen molar-refractivity contribution in [1.29, 1.82) is 0 Å². The van der Waals surface area contributed by atoms with Crippen molar-refractivity contribution < 1.29 is 8.42 Å². The first-order valence-corrected chi connectivity index (χ1v) is 8.63. The van der Waals surface area contributed by atoms with Crippen LogP contribution in [-0.4, -0.2) is 62.6 Å². The molecule has 106 valence electrons. The van der Waals surface area contributed by atoms with Crippen molar-refractivity contribution in [1.82, 2.24) is 10.2 Å². The molecule has 2 unspecified atom stereocenters. The Morgan fingerprint density at radius 3 is 2.44 bits per heavy atom. The molecule has 0 spiro atoms. The number of rotatable bonds is 2. The van der Waals surface area contributed by atoms with Crippen molar-refractivity contribution >= 4 is 9.84 Å². The van der Waals surface area contributed by atoms with E-state index in [4.69, 9.17) is 5.73 Å². The minimum Gasteiger partial charge on any atom is -0.325 e. The van der Waals surface area contributed by atoms with Gasteiger partial charge >= 0.3 is 0 Å². The number of piperidine rings is 2. The molecular weight excluding hydrogens is 250 g/mol. The molecule has 0 bridgehead atoms. The molecule has 2 atom stereocenters. The summed E-state index contributed by atoms with van der Waals surface area (Å²) in [6.07, 6.45) is 3.88. The van der Waals surface area contributed by atoms with Crippen LogP contribution in [0.1, 0.15) is 26.2 Å². The van der Waals surface area contributed by atoms with Crippen molar-refractivity contribution in [2.45, 2.75) is 43.0 Å². The molecule has 2 aliphatic rings. The summed E-state index contributed by atoms with van der Waals surface area (Å²) in [5, 5.41) is 3.30. The molecule has 6 heteroatoms. The highest BCUT2D eigenvalue weighted by Crippen LogP contribution is 2.31. The highest BCUT2D eigenvalue weighted by molar-refractivity contribution is 7.92. The Hall–Kier alpha value is -0.170. The Morgan fingerprint density at radius 2 is 1.94 bits per heavy atom. The van der Waals surface area contributed by atoms with Gasteiger partial charge < -0.3 is 11.1 Å². The molecule has 5 nitrogen and oxygen atoms in total. The average molecular weight is 275 g/mol. The van der Waals surface area contributed by atoms with Crippen LogP contribution in [0.3, 0.4) is 0 Å². The molecule has 2 fully saturated rings. The Bertz CT molecular complexity index is 388. The summed E-state index contributed by atoms with van der Waals surface area (Å²) in [4.78, 5) is 2.39. The van der Waals surface area contributed by atoms with E-state index in [-0.39, 0.29) is 6.04 Å². The summed E-state index contributed by atoms with van der Waals surface area (Å²) >= 11 is 0. The highest BCUT2D eigenvalue weighted by Gasteiger charge is 2.41. The van der Waals surface area contributed by atoms with Gasteiger partial charge in [0, 0.05) is 24.9 Å². The molecule has 0 amide bonds. The van der Waals surface area contributed by atoms with Gasteiger partial charge in [0.25, 0.3) is 0 Å². The Kier molecular flexibility index (Phi) is 4.02. The zero-order valence-corrected chi connectivity index (χ0v) is 12.2. The number of likely N-dealkylation sites (tertiary alicyclic amines) is 1. The molecule has 0 aromatic carbocycles. The van der Waals surface area contributed by atoms with Gasteiger partial charge in [-0.05, 0) is 45.8 Å². The number of hydrogen-bond donors (Lipinski definition) is 2. The average Bonchev–Trinajstić information content (AvgIpc) is 2.30. The van der Waals surface area contributed by atoms with Gasteiger partial charge in [0.1, 0.15) is 0 Å². The van der Waals surface area contributed by atoms with Gasteiger partial charge in [0.05, 0.1) is 4.75 Å². The maximum atomic E-state index is 11.8. The SMILES string of the molecule is CC1(S(C)(=O)=O)CCN(C2CCNCC2N)CC1. The first-order chi connectivity index (χ1) is 8.33. The monoisotopic (exact) mass is 275 g/mol. The molecule has 0 radical (unpaired) electrons. The Morgan fingerprint density at radius 1 is 1.33 bits per heavy atom. The number of nitrogens with zero attached hydrogens (tertiary/aromatic N) is 1. The lowest BCUT2D eigenvalue weighted by Gasteiger charge is -2.44. The van der Waals surface area contributed by atoms with Crippen molar-refractivity contribution in [2.75, 3.05) is 32.4 Å². The van der Waals surface area contributed by atoms with Crippen LogP contribution >= 0.6 is 0 Å². The molecule has 2 aliphatic heterocycles. The molecule has 2 rings (SSSR count). The maximum Gasteiger partial charge on any atom is 0.152 e. The summed E-state index contributed by atoms with van der Waals surface area (Å²) in [5.41, 5.74) is 6.14.